The van der Waals surface area contributed by atoms with Gasteiger partial charge in [-0.25, -0.2) is 4.79 Å². The SMILES string of the molecule is C[C@]12C(=O)C[C@H](O)C=C1C=C[C@H]1[C@H]2CCC2(O)C(=O)O[C@@]3(C)[C@@H]4C[C@@]5(C)C(COC16OC23[C@@H]5C6=O)C(=O)O4. The van der Waals surface area contributed by atoms with Gasteiger partial charge in [0.1, 0.15) is 11.9 Å². The quantitative estimate of drug-likeness (QED) is 0.429. The Kier molecular flexibility index (Phi) is 3.91. The van der Waals surface area contributed by atoms with Gasteiger partial charge in [-0.1, -0.05) is 25.2 Å². The normalized spacial score (nSPS) is 59.2. The predicted molar refractivity (Wildman–Crippen MR) is 124 cm³/mol. The van der Waals surface area contributed by atoms with Crippen LogP contribution in [0.4, 0.5) is 0 Å². The number of Topliss-reactive ketones (excluding diaryl/α,β-unsaturated/α-hetero) is 2. The molecule has 2 N–H and O–H groups in total. The summed E-state index contributed by atoms with van der Waals surface area (Å²) in [5.74, 6) is -7.21. The molecule has 12 atom stereocenters. The topological polar surface area (TPSA) is 146 Å². The average Bonchev–Trinajstić information content (AvgIpc) is 3.16. The van der Waals surface area contributed by atoms with Gasteiger partial charge in [0.2, 0.25) is 5.79 Å². The van der Waals surface area contributed by atoms with E-state index in [0.29, 0.717) is 5.57 Å². The zero-order chi connectivity index (χ0) is 26.8. The van der Waals surface area contributed by atoms with Crippen molar-refractivity contribution in [2.45, 2.75) is 81.3 Å². The van der Waals surface area contributed by atoms with Crippen LogP contribution in [0.1, 0.15) is 46.5 Å². The molecule has 3 aliphatic carbocycles. The van der Waals surface area contributed by atoms with Gasteiger partial charge in [-0.2, -0.15) is 0 Å². The average molecular weight is 527 g/mol. The van der Waals surface area contributed by atoms with Gasteiger partial charge in [0.25, 0.3) is 0 Å². The van der Waals surface area contributed by atoms with Crippen molar-refractivity contribution in [1.82, 2.24) is 0 Å². The second kappa shape index (κ2) is 6.32. The Morgan fingerprint density at radius 3 is 2.63 bits per heavy atom. The number of rotatable bonds is 0. The first-order valence-electron chi connectivity index (χ1n) is 13.5. The molecule has 4 unspecified atom stereocenters. The number of carbonyl (C=O) groups is 4. The predicted octanol–water partition coefficient (Wildman–Crippen LogP) is 0.528. The molecule has 5 aliphatic heterocycles. The highest BCUT2D eigenvalue weighted by Gasteiger charge is 2.93. The number of allylic oxidation sites excluding steroid dienone is 2. The van der Waals surface area contributed by atoms with Crippen molar-refractivity contribution in [2.24, 2.45) is 34.5 Å². The van der Waals surface area contributed by atoms with Crippen LogP contribution in [0.3, 0.4) is 0 Å². The van der Waals surface area contributed by atoms with E-state index in [4.69, 9.17) is 18.9 Å². The second-order valence-corrected chi connectivity index (χ2v) is 13.2. The zero-order valence-electron chi connectivity index (χ0n) is 21.4. The lowest BCUT2D eigenvalue weighted by Crippen LogP contribution is -2.79. The van der Waals surface area contributed by atoms with Crippen molar-refractivity contribution < 1.29 is 48.3 Å². The van der Waals surface area contributed by atoms with Gasteiger partial charge in [-0.15, -0.1) is 0 Å². The van der Waals surface area contributed by atoms with E-state index in [9.17, 15) is 29.4 Å². The summed E-state index contributed by atoms with van der Waals surface area (Å²) >= 11 is 0. The fourth-order valence-electron chi connectivity index (χ4n) is 9.89. The number of aliphatic hydroxyl groups excluding tert-OH is 1. The summed E-state index contributed by atoms with van der Waals surface area (Å²) in [6.45, 7) is 5.07. The van der Waals surface area contributed by atoms with Crippen LogP contribution in [0.5, 0.6) is 0 Å². The molecular formula is C28H30O10. The van der Waals surface area contributed by atoms with E-state index in [0.717, 1.165) is 0 Å². The molecule has 10 nitrogen and oxygen atoms in total. The summed E-state index contributed by atoms with van der Waals surface area (Å²) in [7, 11) is 0. The smallest absolute Gasteiger partial charge is 0.342 e. The summed E-state index contributed by atoms with van der Waals surface area (Å²) in [6.07, 6.45) is 3.65. The molecule has 0 radical (unpaired) electrons. The van der Waals surface area contributed by atoms with Crippen LogP contribution < -0.4 is 0 Å². The van der Waals surface area contributed by atoms with Gasteiger partial charge in [-0.05, 0) is 50.0 Å². The van der Waals surface area contributed by atoms with E-state index >= 15 is 0 Å². The number of aliphatic hydroxyl groups is 2. The minimum atomic E-state index is -2.23. The number of carbonyl (C=O) groups excluding carboxylic acids is 4. The van der Waals surface area contributed by atoms with Crippen molar-refractivity contribution in [3.05, 3.63) is 23.8 Å². The Labute approximate surface area is 218 Å². The molecule has 5 bridgehead atoms. The van der Waals surface area contributed by atoms with Gasteiger partial charge in [0.15, 0.2) is 22.6 Å². The van der Waals surface area contributed by atoms with Gasteiger partial charge in [-0.3, -0.25) is 14.4 Å². The molecule has 38 heavy (non-hydrogen) atoms. The minimum absolute atomic E-state index is 0.0790. The Hall–Kier alpha value is -2.40. The summed E-state index contributed by atoms with van der Waals surface area (Å²) in [5, 5.41) is 22.7. The van der Waals surface area contributed by atoms with Crippen LogP contribution in [0.25, 0.3) is 0 Å². The van der Waals surface area contributed by atoms with Gasteiger partial charge in [0, 0.05) is 12.3 Å². The number of esters is 2. The van der Waals surface area contributed by atoms with E-state index in [1.54, 1.807) is 32.1 Å². The fourth-order valence-corrected chi connectivity index (χ4v) is 9.89. The largest absolute Gasteiger partial charge is 0.458 e. The molecule has 2 spiro atoms. The highest BCUT2D eigenvalue weighted by Crippen LogP contribution is 2.74. The maximum absolute atomic E-state index is 14.8. The Balaban J connectivity index is 1.43. The van der Waals surface area contributed by atoms with Crippen LogP contribution in [0, 0.1) is 34.5 Å². The molecule has 202 valence electrons. The molecule has 0 aromatic heterocycles. The Morgan fingerprint density at radius 1 is 1.11 bits per heavy atom. The van der Waals surface area contributed by atoms with E-state index in [1.165, 1.54) is 0 Å². The van der Waals surface area contributed by atoms with E-state index < -0.39 is 87.0 Å². The van der Waals surface area contributed by atoms with Crippen molar-refractivity contribution in [3.8, 4) is 0 Å². The summed E-state index contributed by atoms with van der Waals surface area (Å²) < 4.78 is 25.0. The number of hydrogen-bond donors (Lipinski definition) is 2. The molecule has 5 saturated heterocycles. The first-order valence-corrected chi connectivity index (χ1v) is 13.5. The Bertz CT molecular complexity index is 1330. The molecular weight excluding hydrogens is 496 g/mol. The highest BCUT2D eigenvalue weighted by molar-refractivity contribution is 6.00. The highest BCUT2D eigenvalue weighted by atomic mass is 16.8. The van der Waals surface area contributed by atoms with Crippen LogP contribution in [-0.2, 0) is 38.1 Å². The minimum Gasteiger partial charge on any atom is -0.458 e. The molecule has 5 heterocycles. The van der Waals surface area contributed by atoms with Crippen molar-refractivity contribution >= 4 is 23.5 Å². The molecule has 8 aliphatic rings. The van der Waals surface area contributed by atoms with Gasteiger partial charge >= 0.3 is 11.9 Å². The van der Waals surface area contributed by atoms with Crippen LogP contribution in [0.15, 0.2) is 23.8 Å². The molecule has 10 heteroatoms. The molecule has 0 aromatic rings. The van der Waals surface area contributed by atoms with Crippen LogP contribution >= 0.6 is 0 Å². The Morgan fingerprint density at radius 2 is 1.87 bits per heavy atom. The third kappa shape index (κ3) is 2.03. The number of fused-ring (bicyclic) bond motifs is 5. The van der Waals surface area contributed by atoms with Crippen LogP contribution in [-0.4, -0.2) is 75.1 Å². The molecule has 6 fully saturated rings. The van der Waals surface area contributed by atoms with Crippen molar-refractivity contribution in [1.29, 1.82) is 0 Å². The maximum Gasteiger partial charge on any atom is 0.342 e. The summed E-state index contributed by atoms with van der Waals surface area (Å²) in [6, 6.07) is 0. The van der Waals surface area contributed by atoms with Crippen molar-refractivity contribution in [3.63, 3.8) is 0 Å². The zero-order valence-corrected chi connectivity index (χ0v) is 21.4. The van der Waals surface area contributed by atoms with E-state index in [-0.39, 0.29) is 38.1 Å². The lowest BCUT2D eigenvalue weighted by atomic mass is 9.46. The van der Waals surface area contributed by atoms with E-state index in [2.05, 4.69) is 0 Å². The first-order chi connectivity index (χ1) is 17.8. The lowest BCUT2D eigenvalue weighted by molar-refractivity contribution is -0.370. The number of ether oxygens (including phenoxy) is 4. The number of ketones is 2. The monoisotopic (exact) mass is 526 g/mol. The fraction of sp³-hybridized carbons (Fsp3) is 0.714. The number of hydrogen-bond acceptors (Lipinski definition) is 10. The third-order valence-corrected chi connectivity index (χ3v) is 11.9. The maximum atomic E-state index is 14.8. The molecule has 0 amide bonds. The van der Waals surface area contributed by atoms with Crippen LogP contribution in [0.2, 0.25) is 0 Å². The van der Waals surface area contributed by atoms with Crippen molar-refractivity contribution in [2.75, 3.05) is 6.61 Å². The summed E-state index contributed by atoms with van der Waals surface area (Å²) in [4.78, 5) is 55.4. The van der Waals surface area contributed by atoms with Gasteiger partial charge in [0.05, 0.1) is 30.0 Å². The molecule has 8 rings (SSSR count). The standard InChI is InChI=1S/C28H30O10/c1-23-10-18-25(3)28-19(23)20(31)27(38-28,35-11-16(23)21(32)36-18)15-5-4-12-8-13(29)9-17(30)24(12,2)14(15)6-7-26(28,34)22(33)37-25/h4-5,8,13-16,18-19,29,34H,6-7,9-11H2,1-3H3/t13-,14-,15+,16?,18+,19-,23+,24+,25+,26?,27?,28?/m1/s1. The second-order valence-electron chi connectivity index (χ2n) is 13.2. The van der Waals surface area contributed by atoms with E-state index in [1.807, 2.05) is 6.92 Å². The molecule has 1 saturated carbocycles. The van der Waals surface area contributed by atoms with Gasteiger partial charge < -0.3 is 29.2 Å². The molecule has 0 aromatic carbocycles. The summed E-state index contributed by atoms with van der Waals surface area (Å²) in [5.41, 5.74) is -7.17. The first kappa shape index (κ1) is 23.5. The lowest BCUT2D eigenvalue weighted by Gasteiger charge is -2.62. The third-order valence-electron chi connectivity index (χ3n) is 11.9.